The number of nitrogens with zero attached hydrogens (tertiary/aromatic N) is 1. The molecule has 0 saturated carbocycles. The predicted octanol–water partition coefficient (Wildman–Crippen LogP) is 6.85. The van der Waals surface area contributed by atoms with Gasteiger partial charge in [0.05, 0.1) is 17.5 Å². The van der Waals surface area contributed by atoms with Gasteiger partial charge in [-0.2, -0.15) is 13.2 Å². The summed E-state index contributed by atoms with van der Waals surface area (Å²) in [5, 5.41) is 0. The van der Waals surface area contributed by atoms with E-state index in [-0.39, 0.29) is 24.8 Å². The Morgan fingerprint density at radius 1 is 0.906 bits per heavy atom. The summed E-state index contributed by atoms with van der Waals surface area (Å²) in [5.74, 6) is 1.43. The number of hydrogen-bond donors (Lipinski definition) is 0. The molecule has 2 amide bonds. The van der Waals surface area contributed by atoms with Crippen LogP contribution in [-0.4, -0.2) is 37.5 Å². The molecule has 1 aliphatic heterocycles. The third-order valence-electron chi connectivity index (χ3n) is 6.65. The number of carbonyl (C=O) groups excluding carboxylic acids is 2. The maximum atomic E-state index is 13.3. The van der Waals surface area contributed by atoms with Gasteiger partial charge >= 0.3 is 6.18 Å². The van der Waals surface area contributed by atoms with E-state index in [0.717, 1.165) is 4.90 Å². The first-order chi connectivity index (χ1) is 14.8. The molecule has 0 spiro atoms. The fourth-order valence-corrected chi connectivity index (χ4v) is 10.4. The SMILES string of the molecule is CC(C)[Si](C#CC(CCCN1C(=O)c2ccccc2C1=O)CC(F)(F)F)(C(C)C)C(C)C. The quantitative estimate of drug-likeness (QED) is 0.239. The Kier molecular flexibility index (Phi) is 8.38. The van der Waals surface area contributed by atoms with Gasteiger partial charge in [-0.3, -0.25) is 14.5 Å². The number of hydrogen-bond acceptors (Lipinski definition) is 2. The van der Waals surface area contributed by atoms with Crippen LogP contribution in [0, 0.1) is 17.4 Å². The lowest BCUT2D eigenvalue weighted by atomic mass is 10.00. The number of imide groups is 1. The van der Waals surface area contributed by atoms with Crippen LogP contribution >= 0.6 is 0 Å². The van der Waals surface area contributed by atoms with Gasteiger partial charge in [0, 0.05) is 12.5 Å². The van der Waals surface area contributed by atoms with Crippen molar-refractivity contribution in [3.8, 4) is 11.5 Å². The van der Waals surface area contributed by atoms with Gasteiger partial charge < -0.3 is 0 Å². The molecule has 0 fully saturated rings. The van der Waals surface area contributed by atoms with Crippen molar-refractivity contribution in [2.24, 2.45) is 5.92 Å². The zero-order valence-corrected chi connectivity index (χ0v) is 20.8. The molecule has 0 radical (unpaired) electrons. The van der Waals surface area contributed by atoms with E-state index < -0.39 is 26.6 Å². The minimum atomic E-state index is -4.31. The van der Waals surface area contributed by atoms with E-state index in [9.17, 15) is 22.8 Å². The minimum Gasteiger partial charge on any atom is -0.274 e. The van der Waals surface area contributed by atoms with Crippen LogP contribution in [0.5, 0.6) is 0 Å². The van der Waals surface area contributed by atoms with Crippen LogP contribution in [0.1, 0.15) is 81.5 Å². The molecule has 1 aromatic rings. The lowest BCUT2D eigenvalue weighted by Crippen LogP contribution is -2.43. The zero-order chi connectivity index (χ0) is 24.3. The number of alkyl halides is 3. The van der Waals surface area contributed by atoms with Crippen molar-refractivity contribution >= 4 is 19.9 Å². The summed E-state index contributed by atoms with van der Waals surface area (Å²) in [7, 11) is -2.14. The van der Waals surface area contributed by atoms with Gasteiger partial charge in [0.2, 0.25) is 0 Å². The second kappa shape index (κ2) is 10.2. The fraction of sp³-hybridized carbons (Fsp3) is 0.600. The van der Waals surface area contributed by atoms with Crippen molar-refractivity contribution in [1.29, 1.82) is 0 Å². The average Bonchev–Trinajstić information content (AvgIpc) is 2.91. The molecule has 1 unspecified atom stereocenters. The fourth-order valence-electron chi connectivity index (χ4n) is 5.10. The van der Waals surface area contributed by atoms with Gasteiger partial charge in [-0.1, -0.05) is 53.7 Å². The summed E-state index contributed by atoms with van der Waals surface area (Å²) < 4.78 is 39.8. The van der Waals surface area contributed by atoms with Crippen LogP contribution in [0.4, 0.5) is 13.2 Å². The molecule has 1 heterocycles. The highest BCUT2D eigenvalue weighted by atomic mass is 28.3. The van der Waals surface area contributed by atoms with Gasteiger partial charge in [-0.05, 0) is 41.6 Å². The van der Waals surface area contributed by atoms with E-state index in [2.05, 4.69) is 53.0 Å². The summed E-state index contributed by atoms with van der Waals surface area (Å²) in [6, 6.07) is 6.58. The Morgan fingerprint density at radius 3 is 1.78 bits per heavy atom. The largest absolute Gasteiger partial charge is 0.390 e. The predicted molar refractivity (Wildman–Crippen MR) is 124 cm³/mol. The van der Waals surface area contributed by atoms with Gasteiger partial charge in [-0.25, -0.2) is 0 Å². The van der Waals surface area contributed by atoms with Gasteiger partial charge in [0.25, 0.3) is 11.8 Å². The van der Waals surface area contributed by atoms with E-state index >= 15 is 0 Å². The molecule has 7 heteroatoms. The number of rotatable bonds is 8. The molecule has 1 atom stereocenters. The number of amides is 2. The number of benzene rings is 1. The van der Waals surface area contributed by atoms with E-state index in [4.69, 9.17) is 0 Å². The van der Waals surface area contributed by atoms with Crippen molar-refractivity contribution in [2.75, 3.05) is 6.54 Å². The third kappa shape index (κ3) is 5.64. The first-order valence-corrected chi connectivity index (χ1v) is 13.6. The van der Waals surface area contributed by atoms with E-state index in [1.807, 2.05) is 0 Å². The van der Waals surface area contributed by atoms with E-state index in [1.54, 1.807) is 24.3 Å². The van der Waals surface area contributed by atoms with E-state index in [0.29, 0.717) is 34.2 Å². The molecule has 0 aliphatic carbocycles. The molecule has 3 nitrogen and oxygen atoms in total. The van der Waals surface area contributed by atoms with Gasteiger partial charge in [0.1, 0.15) is 8.07 Å². The molecule has 0 saturated heterocycles. The summed E-state index contributed by atoms with van der Waals surface area (Å²) in [6.45, 7) is 12.9. The Bertz CT molecular complexity index is 840. The third-order valence-corrected chi connectivity index (χ3v) is 13.0. The molecule has 0 aromatic heterocycles. The van der Waals surface area contributed by atoms with Crippen molar-refractivity contribution in [3.63, 3.8) is 0 Å². The molecular weight excluding hydrogens is 431 g/mol. The highest BCUT2D eigenvalue weighted by Gasteiger charge is 2.42. The van der Waals surface area contributed by atoms with Crippen molar-refractivity contribution < 1.29 is 22.8 Å². The van der Waals surface area contributed by atoms with Crippen molar-refractivity contribution in [2.45, 2.75) is 83.6 Å². The second-order valence-corrected chi connectivity index (χ2v) is 15.2. The maximum Gasteiger partial charge on any atom is 0.390 e. The molecule has 0 bridgehead atoms. The smallest absolute Gasteiger partial charge is 0.274 e. The Labute approximate surface area is 190 Å². The summed E-state index contributed by atoms with van der Waals surface area (Å²) in [4.78, 5) is 26.1. The van der Waals surface area contributed by atoms with Crippen LogP contribution in [-0.2, 0) is 0 Å². The molecule has 32 heavy (non-hydrogen) atoms. The first kappa shape index (κ1) is 26.2. The summed E-state index contributed by atoms with van der Waals surface area (Å²) in [5.41, 5.74) is 5.11. The monoisotopic (exact) mass is 465 g/mol. The molecule has 0 N–H and O–H groups in total. The van der Waals surface area contributed by atoms with Crippen LogP contribution in [0.15, 0.2) is 24.3 Å². The first-order valence-electron chi connectivity index (χ1n) is 11.4. The number of carbonyl (C=O) groups is 2. The van der Waals surface area contributed by atoms with Gasteiger partial charge in [-0.15, -0.1) is 11.5 Å². The molecule has 1 aliphatic rings. The Balaban J connectivity index is 2.17. The van der Waals surface area contributed by atoms with Crippen LogP contribution in [0.2, 0.25) is 16.6 Å². The lowest BCUT2D eigenvalue weighted by molar-refractivity contribution is -0.141. The number of fused-ring (bicyclic) bond motifs is 1. The normalized spacial score (nSPS) is 15.4. The molecule has 176 valence electrons. The van der Waals surface area contributed by atoms with Crippen LogP contribution < -0.4 is 0 Å². The highest BCUT2D eigenvalue weighted by Crippen LogP contribution is 2.41. The lowest BCUT2D eigenvalue weighted by Gasteiger charge is -2.38. The minimum absolute atomic E-state index is 0.101. The Morgan fingerprint density at radius 2 is 1.38 bits per heavy atom. The molecular formula is C25H34F3NO2Si. The van der Waals surface area contributed by atoms with Gasteiger partial charge in [0.15, 0.2) is 0 Å². The van der Waals surface area contributed by atoms with Crippen LogP contribution in [0.3, 0.4) is 0 Å². The van der Waals surface area contributed by atoms with Crippen molar-refractivity contribution in [1.82, 2.24) is 4.90 Å². The maximum absolute atomic E-state index is 13.3. The van der Waals surface area contributed by atoms with Crippen molar-refractivity contribution in [3.05, 3.63) is 35.4 Å². The Hall–Kier alpha value is -2.07. The van der Waals surface area contributed by atoms with Crippen LogP contribution in [0.25, 0.3) is 0 Å². The topological polar surface area (TPSA) is 37.4 Å². The molecule has 1 aromatic carbocycles. The second-order valence-electron chi connectivity index (χ2n) is 9.63. The highest BCUT2D eigenvalue weighted by molar-refractivity contribution is 6.90. The standard InChI is InChI=1S/C25H34F3NO2Si/c1-17(2)32(18(3)4,19(5)6)15-13-20(16-25(26,27)28)10-9-14-29-23(30)21-11-7-8-12-22(21)24(29)31/h7-8,11-12,17-20H,9-10,14,16H2,1-6H3. The summed E-state index contributed by atoms with van der Waals surface area (Å²) >= 11 is 0. The average molecular weight is 466 g/mol. The summed E-state index contributed by atoms with van der Waals surface area (Å²) in [6.07, 6.45) is -4.80. The number of halogens is 3. The van der Waals surface area contributed by atoms with E-state index in [1.165, 1.54) is 0 Å². The zero-order valence-electron chi connectivity index (χ0n) is 19.8. The molecule has 2 rings (SSSR count).